The van der Waals surface area contributed by atoms with Gasteiger partial charge in [-0.15, -0.1) is 0 Å². The molecule has 1 aliphatic heterocycles. The van der Waals surface area contributed by atoms with Crippen LogP contribution in [0.5, 0.6) is 0 Å². The van der Waals surface area contributed by atoms with Gasteiger partial charge < -0.3 is 14.8 Å². The predicted octanol–water partition coefficient (Wildman–Crippen LogP) is 1.10. The lowest BCUT2D eigenvalue weighted by atomic mass is 9.89. The van der Waals surface area contributed by atoms with Crippen molar-refractivity contribution in [1.82, 2.24) is 5.32 Å². The molecule has 16 heavy (non-hydrogen) atoms. The van der Waals surface area contributed by atoms with Crippen LogP contribution >= 0.6 is 0 Å². The summed E-state index contributed by atoms with van der Waals surface area (Å²) in [6, 6.07) is 0. The maximum Gasteiger partial charge on any atom is 0.336 e. The van der Waals surface area contributed by atoms with E-state index in [1.165, 1.54) is 12.8 Å². The standard InChI is InChI=1S/C12H21NO3/c1-9-2-4-10(5-3-9)16-12(14)11-8-13-6-7-15-11/h9-11,13H,2-8H2,1H3. The molecular weight excluding hydrogens is 206 g/mol. The van der Waals surface area contributed by atoms with E-state index < -0.39 is 6.10 Å². The normalized spacial score (nSPS) is 35.7. The summed E-state index contributed by atoms with van der Waals surface area (Å²) < 4.78 is 10.8. The number of morpholine rings is 1. The van der Waals surface area contributed by atoms with Crippen LogP contribution in [0.25, 0.3) is 0 Å². The summed E-state index contributed by atoms with van der Waals surface area (Å²) in [5.74, 6) is 0.592. The zero-order valence-electron chi connectivity index (χ0n) is 9.91. The Hall–Kier alpha value is -0.610. The van der Waals surface area contributed by atoms with Gasteiger partial charge in [-0.25, -0.2) is 4.79 Å². The third-order valence-corrected chi connectivity index (χ3v) is 3.44. The van der Waals surface area contributed by atoms with Crippen LogP contribution in [0.3, 0.4) is 0 Å². The molecular formula is C12H21NO3. The highest BCUT2D eigenvalue weighted by molar-refractivity contribution is 5.75. The van der Waals surface area contributed by atoms with Gasteiger partial charge in [0.1, 0.15) is 6.10 Å². The Bertz CT molecular complexity index is 230. The molecule has 92 valence electrons. The smallest absolute Gasteiger partial charge is 0.336 e. The number of ether oxygens (including phenoxy) is 2. The van der Waals surface area contributed by atoms with Gasteiger partial charge in [-0.05, 0) is 31.6 Å². The molecule has 2 aliphatic rings. The van der Waals surface area contributed by atoms with Crippen LogP contribution in [0.4, 0.5) is 0 Å². The van der Waals surface area contributed by atoms with E-state index in [9.17, 15) is 4.79 Å². The van der Waals surface area contributed by atoms with Crippen molar-refractivity contribution in [2.45, 2.75) is 44.8 Å². The first kappa shape index (κ1) is 11.9. The van der Waals surface area contributed by atoms with Crippen LogP contribution in [-0.2, 0) is 14.3 Å². The van der Waals surface area contributed by atoms with Gasteiger partial charge in [-0.3, -0.25) is 0 Å². The summed E-state index contributed by atoms with van der Waals surface area (Å²) in [5.41, 5.74) is 0. The Morgan fingerprint density at radius 3 is 2.69 bits per heavy atom. The fourth-order valence-corrected chi connectivity index (χ4v) is 2.30. The number of carbonyl (C=O) groups is 1. The van der Waals surface area contributed by atoms with Crippen molar-refractivity contribution in [2.75, 3.05) is 19.7 Å². The lowest BCUT2D eigenvalue weighted by Crippen LogP contribution is -2.45. The molecule has 4 heteroatoms. The number of hydrogen-bond acceptors (Lipinski definition) is 4. The van der Waals surface area contributed by atoms with Gasteiger partial charge in [-0.1, -0.05) is 6.92 Å². The van der Waals surface area contributed by atoms with E-state index in [-0.39, 0.29) is 12.1 Å². The quantitative estimate of drug-likeness (QED) is 0.718. The zero-order valence-corrected chi connectivity index (χ0v) is 9.91. The molecule has 1 saturated heterocycles. The molecule has 2 fully saturated rings. The highest BCUT2D eigenvalue weighted by atomic mass is 16.6. The Labute approximate surface area is 96.7 Å². The number of rotatable bonds is 2. The van der Waals surface area contributed by atoms with Crippen molar-refractivity contribution in [3.8, 4) is 0 Å². The maximum atomic E-state index is 11.8. The molecule has 0 aromatic heterocycles. The molecule has 0 bridgehead atoms. The lowest BCUT2D eigenvalue weighted by molar-refractivity contribution is -0.166. The molecule has 1 saturated carbocycles. The molecule has 2 rings (SSSR count). The van der Waals surface area contributed by atoms with Crippen molar-refractivity contribution in [3.63, 3.8) is 0 Å². The molecule has 1 aliphatic carbocycles. The zero-order chi connectivity index (χ0) is 11.4. The van der Waals surface area contributed by atoms with Gasteiger partial charge >= 0.3 is 5.97 Å². The summed E-state index contributed by atoms with van der Waals surface area (Å²) in [5, 5.41) is 3.13. The minimum atomic E-state index is -0.395. The summed E-state index contributed by atoms with van der Waals surface area (Å²) in [7, 11) is 0. The number of nitrogens with one attached hydrogen (secondary N) is 1. The van der Waals surface area contributed by atoms with Crippen LogP contribution in [0.1, 0.15) is 32.6 Å². The molecule has 0 aromatic carbocycles. The first-order valence-electron chi connectivity index (χ1n) is 6.28. The lowest BCUT2D eigenvalue weighted by Gasteiger charge is -2.28. The SMILES string of the molecule is CC1CCC(OC(=O)C2CNCCO2)CC1. The maximum absolute atomic E-state index is 11.8. The average molecular weight is 227 g/mol. The van der Waals surface area contributed by atoms with E-state index in [1.54, 1.807) is 0 Å². The molecule has 1 heterocycles. The van der Waals surface area contributed by atoms with Crippen molar-refractivity contribution in [3.05, 3.63) is 0 Å². The van der Waals surface area contributed by atoms with E-state index in [0.717, 1.165) is 25.3 Å². The second-order valence-electron chi connectivity index (χ2n) is 4.88. The highest BCUT2D eigenvalue weighted by Gasteiger charge is 2.27. The minimum absolute atomic E-state index is 0.120. The van der Waals surface area contributed by atoms with E-state index in [4.69, 9.17) is 9.47 Å². The van der Waals surface area contributed by atoms with Crippen LogP contribution < -0.4 is 5.32 Å². The van der Waals surface area contributed by atoms with Gasteiger partial charge in [-0.2, -0.15) is 0 Å². The molecule has 0 radical (unpaired) electrons. The topological polar surface area (TPSA) is 47.6 Å². The van der Waals surface area contributed by atoms with Gasteiger partial charge in [0.2, 0.25) is 0 Å². The van der Waals surface area contributed by atoms with E-state index in [2.05, 4.69) is 12.2 Å². The third-order valence-electron chi connectivity index (χ3n) is 3.44. The van der Waals surface area contributed by atoms with Gasteiger partial charge in [0, 0.05) is 13.1 Å². The van der Waals surface area contributed by atoms with Gasteiger partial charge in [0.05, 0.1) is 6.61 Å². The molecule has 1 atom stereocenters. The minimum Gasteiger partial charge on any atom is -0.460 e. The van der Waals surface area contributed by atoms with Crippen molar-refractivity contribution in [2.24, 2.45) is 5.92 Å². The monoisotopic (exact) mass is 227 g/mol. The molecule has 1 N–H and O–H groups in total. The Kier molecular flexibility index (Phi) is 4.18. The second-order valence-corrected chi connectivity index (χ2v) is 4.88. The average Bonchev–Trinajstić information content (AvgIpc) is 2.33. The summed E-state index contributed by atoms with van der Waals surface area (Å²) in [4.78, 5) is 11.8. The fourth-order valence-electron chi connectivity index (χ4n) is 2.30. The van der Waals surface area contributed by atoms with Crippen molar-refractivity contribution < 1.29 is 14.3 Å². The number of carbonyl (C=O) groups excluding carboxylic acids is 1. The van der Waals surface area contributed by atoms with Gasteiger partial charge in [0.25, 0.3) is 0 Å². The van der Waals surface area contributed by atoms with E-state index in [1.807, 2.05) is 0 Å². The van der Waals surface area contributed by atoms with Crippen LogP contribution in [-0.4, -0.2) is 37.9 Å². The molecule has 0 aromatic rings. The molecule has 1 unspecified atom stereocenters. The summed E-state index contributed by atoms with van der Waals surface area (Å²) >= 11 is 0. The molecule has 4 nitrogen and oxygen atoms in total. The van der Waals surface area contributed by atoms with Crippen molar-refractivity contribution in [1.29, 1.82) is 0 Å². The second kappa shape index (κ2) is 5.64. The summed E-state index contributed by atoms with van der Waals surface area (Å²) in [6.07, 6.45) is 4.08. The van der Waals surface area contributed by atoms with Crippen LogP contribution in [0, 0.1) is 5.92 Å². The number of hydrogen-bond donors (Lipinski definition) is 1. The van der Waals surface area contributed by atoms with E-state index >= 15 is 0 Å². The Morgan fingerprint density at radius 2 is 2.06 bits per heavy atom. The first-order chi connectivity index (χ1) is 7.75. The Morgan fingerprint density at radius 1 is 1.31 bits per heavy atom. The van der Waals surface area contributed by atoms with Crippen LogP contribution in [0.2, 0.25) is 0 Å². The summed E-state index contributed by atoms with van der Waals surface area (Å²) in [6.45, 7) is 4.26. The highest BCUT2D eigenvalue weighted by Crippen LogP contribution is 2.25. The first-order valence-corrected chi connectivity index (χ1v) is 6.28. The molecule has 0 amide bonds. The predicted molar refractivity (Wildman–Crippen MR) is 60.1 cm³/mol. The largest absolute Gasteiger partial charge is 0.460 e. The van der Waals surface area contributed by atoms with Gasteiger partial charge in [0.15, 0.2) is 6.10 Å². The van der Waals surface area contributed by atoms with E-state index in [0.29, 0.717) is 13.2 Å². The van der Waals surface area contributed by atoms with Crippen LogP contribution in [0.15, 0.2) is 0 Å². The Balaban J connectivity index is 1.73. The third kappa shape index (κ3) is 3.19. The van der Waals surface area contributed by atoms with Crippen molar-refractivity contribution >= 4 is 5.97 Å². The molecule has 0 spiro atoms. The fraction of sp³-hybridized carbons (Fsp3) is 0.917. The number of esters is 1.